The lowest BCUT2D eigenvalue weighted by Crippen LogP contribution is -2.59. The van der Waals surface area contributed by atoms with E-state index in [1.807, 2.05) is 29.2 Å². The minimum Gasteiger partial charge on any atom is -0.382 e. The first-order chi connectivity index (χ1) is 15.7. The van der Waals surface area contributed by atoms with Gasteiger partial charge in [0, 0.05) is 49.5 Å². The monoisotopic (exact) mass is 464 g/mol. The van der Waals surface area contributed by atoms with Crippen molar-refractivity contribution in [1.29, 1.82) is 0 Å². The van der Waals surface area contributed by atoms with Crippen LogP contribution in [-0.4, -0.2) is 49.7 Å². The number of rotatable bonds is 5. The third kappa shape index (κ3) is 4.77. The number of halogens is 3. The molecule has 5 rings (SSSR count). The zero-order valence-corrected chi connectivity index (χ0v) is 18.6. The number of hydrogen-bond donors (Lipinski definition) is 3. The number of amides is 2. The molecule has 0 bridgehead atoms. The smallest absolute Gasteiger partial charge is 0.382 e. The molecule has 2 aliphatic heterocycles. The lowest BCUT2D eigenvalue weighted by Gasteiger charge is -2.58. The van der Waals surface area contributed by atoms with Crippen LogP contribution in [0.1, 0.15) is 44.9 Å². The largest absolute Gasteiger partial charge is 0.391 e. The summed E-state index contributed by atoms with van der Waals surface area (Å²) < 4.78 is 38.6. The van der Waals surface area contributed by atoms with Crippen LogP contribution in [-0.2, 0) is 9.59 Å². The Morgan fingerprint density at radius 2 is 1.67 bits per heavy atom. The van der Waals surface area contributed by atoms with Crippen LogP contribution in [0.4, 0.5) is 24.5 Å². The second kappa shape index (κ2) is 8.40. The zero-order chi connectivity index (χ0) is 23.2. The third-order valence-corrected chi connectivity index (χ3v) is 7.97. The van der Waals surface area contributed by atoms with Gasteiger partial charge in [0.1, 0.15) is 0 Å². The quantitative estimate of drug-likeness (QED) is 0.624. The molecule has 0 aromatic heterocycles. The van der Waals surface area contributed by atoms with Gasteiger partial charge in [-0.25, -0.2) is 0 Å². The molecule has 180 valence electrons. The molecule has 2 aliphatic carbocycles. The molecule has 2 saturated carbocycles. The van der Waals surface area contributed by atoms with E-state index in [-0.39, 0.29) is 36.6 Å². The van der Waals surface area contributed by atoms with Crippen molar-refractivity contribution in [2.75, 3.05) is 29.9 Å². The van der Waals surface area contributed by atoms with Crippen LogP contribution in [0, 0.1) is 17.3 Å². The third-order valence-electron chi connectivity index (χ3n) is 7.97. The second-order valence-electron chi connectivity index (χ2n) is 10.4. The molecule has 33 heavy (non-hydrogen) atoms. The van der Waals surface area contributed by atoms with Crippen molar-refractivity contribution in [3.8, 4) is 0 Å². The number of piperidine rings is 1. The van der Waals surface area contributed by atoms with E-state index in [0.29, 0.717) is 37.5 Å². The zero-order valence-electron chi connectivity index (χ0n) is 18.6. The van der Waals surface area contributed by atoms with Gasteiger partial charge in [-0.3, -0.25) is 9.59 Å². The molecule has 1 unspecified atom stereocenters. The average molecular weight is 465 g/mol. The van der Waals surface area contributed by atoms with E-state index in [9.17, 15) is 22.8 Å². The van der Waals surface area contributed by atoms with Gasteiger partial charge in [0.05, 0.1) is 11.8 Å². The number of carbonyl (C=O) groups is 2. The van der Waals surface area contributed by atoms with Crippen molar-refractivity contribution >= 4 is 23.2 Å². The van der Waals surface area contributed by atoms with Crippen LogP contribution < -0.4 is 20.9 Å². The SMILES string of the molecule is O=C1CC(C(=O)NC2CC3(C2)CC(Nc2ccc(N4CCC(C(F)(F)F)CC4)cc2)C3)CN1. The average Bonchev–Trinajstić information content (AvgIpc) is 3.17. The summed E-state index contributed by atoms with van der Waals surface area (Å²) in [6.07, 6.45) is 0.677. The molecule has 9 heteroatoms. The topological polar surface area (TPSA) is 73.5 Å². The molecule has 2 heterocycles. The van der Waals surface area contributed by atoms with Crippen LogP contribution in [0.3, 0.4) is 0 Å². The number of alkyl halides is 3. The van der Waals surface area contributed by atoms with Crippen molar-refractivity contribution < 1.29 is 22.8 Å². The first-order valence-electron chi connectivity index (χ1n) is 11.9. The van der Waals surface area contributed by atoms with Crippen LogP contribution in [0.5, 0.6) is 0 Å². The van der Waals surface area contributed by atoms with Gasteiger partial charge in [-0.05, 0) is 68.2 Å². The Kier molecular flexibility index (Phi) is 5.69. The van der Waals surface area contributed by atoms with Crippen molar-refractivity contribution in [3.05, 3.63) is 24.3 Å². The Labute approximate surface area is 191 Å². The number of nitrogens with one attached hydrogen (secondary N) is 3. The second-order valence-corrected chi connectivity index (χ2v) is 10.4. The van der Waals surface area contributed by atoms with E-state index in [0.717, 1.165) is 37.1 Å². The van der Waals surface area contributed by atoms with Crippen molar-refractivity contribution in [3.63, 3.8) is 0 Å². The molecule has 2 saturated heterocycles. The van der Waals surface area contributed by atoms with E-state index in [2.05, 4.69) is 16.0 Å². The number of nitrogens with zero attached hydrogens (tertiary/aromatic N) is 1. The van der Waals surface area contributed by atoms with Crippen LogP contribution in [0.25, 0.3) is 0 Å². The summed E-state index contributed by atoms with van der Waals surface area (Å²) in [5, 5.41) is 9.36. The van der Waals surface area contributed by atoms with Gasteiger partial charge in [-0.15, -0.1) is 0 Å². The predicted molar refractivity (Wildman–Crippen MR) is 119 cm³/mol. The molecule has 2 amide bonds. The molecule has 1 aromatic rings. The predicted octanol–water partition coefficient (Wildman–Crippen LogP) is 3.44. The van der Waals surface area contributed by atoms with Gasteiger partial charge >= 0.3 is 6.18 Å². The van der Waals surface area contributed by atoms with Gasteiger partial charge < -0.3 is 20.9 Å². The van der Waals surface area contributed by atoms with Crippen molar-refractivity contribution in [1.82, 2.24) is 10.6 Å². The Balaban J connectivity index is 1.03. The maximum absolute atomic E-state index is 12.9. The van der Waals surface area contributed by atoms with Gasteiger partial charge in [0.15, 0.2) is 0 Å². The highest BCUT2D eigenvalue weighted by Gasteiger charge is 2.53. The summed E-state index contributed by atoms with van der Waals surface area (Å²) in [6.45, 7) is 1.32. The summed E-state index contributed by atoms with van der Waals surface area (Å²) in [5.41, 5.74) is 2.33. The molecule has 6 nitrogen and oxygen atoms in total. The molecule has 0 radical (unpaired) electrons. The van der Waals surface area contributed by atoms with Gasteiger partial charge in [0.2, 0.25) is 11.8 Å². The first-order valence-corrected chi connectivity index (χ1v) is 11.9. The molecule has 3 N–H and O–H groups in total. The highest BCUT2D eigenvalue weighted by molar-refractivity contribution is 5.89. The van der Waals surface area contributed by atoms with Crippen LogP contribution in [0.15, 0.2) is 24.3 Å². The minimum absolute atomic E-state index is 0.00933. The molecule has 4 aliphatic rings. The van der Waals surface area contributed by atoms with E-state index in [4.69, 9.17) is 0 Å². The summed E-state index contributed by atoms with van der Waals surface area (Å²) in [5.74, 6) is -1.47. The summed E-state index contributed by atoms with van der Waals surface area (Å²) in [7, 11) is 0. The Hall–Kier alpha value is -2.45. The van der Waals surface area contributed by atoms with Crippen molar-refractivity contribution in [2.24, 2.45) is 17.3 Å². The fourth-order valence-electron chi connectivity index (χ4n) is 6.09. The fraction of sp³-hybridized carbons (Fsp3) is 0.667. The lowest BCUT2D eigenvalue weighted by molar-refractivity contribution is -0.179. The summed E-state index contributed by atoms with van der Waals surface area (Å²) in [4.78, 5) is 25.6. The van der Waals surface area contributed by atoms with Gasteiger partial charge in [-0.1, -0.05) is 0 Å². The maximum atomic E-state index is 12.9. The molecule has 1 aromatic carbocycles. The number of hydrogen-bond acceptors (Lipinski definition) is 4. The van der Waals surface area contributed by atoms with E-state index in [1.165, 1.54) is 0 Å². The highest BCUT2D eigenvalue weighted by atomic mass is 19.4. The Morgan fingerprint density at radius 3 is 2.24 bits per heavy atom. The number of anilines is 2. The van der Waals surface area contributed by atoms with E-state index in [1.54, 1.807) is 0 Å². The summed E-state index contributed by atoms with van der Waals surface area (Å²) >= 11 is 0. The first kappa shape index (κ1) is 22.3. The van der Waals surface area contributed by atoms with Crippen molar-refractivity contribution in [2.45, 2.75) is 63.2 Å². The van der Waals surface area contributed by atoms with Gasteiger partial charge in [-0.2, -0.15) is 13.2 Å². The minimum atomic E-state index is -4.08. The number of benzene rings is 1. The number of carbonyl (C=O) groups excluding carboxylic acids is 2. The fourth-order valence-corrected chi connectivity index (χ4v) is 6.09. The van der Waals surface area contributed by atoms with E-state index < -0.39 is 12.1 Å². The summed E-state index contributed by atoms with van der Waals surface area (Å²) in [6, 6.07) is 8.62. The molecule has 1 atom stereocenters. The van der Waals surface area contributed by atoms with Crippen LogP contribution in [0.2, 0.25) is 0 Å². The molecule has 4 fully saturated rings. The molecule has 1 spiro atoms. The molecular formula is C24H31F3N4O2. The lowest BCUT2D eigenvalue weighted by atomic mass is 9.52. The van der Waals surface area contributed by atoms with E-state index >= 15 is 0 Å². The highest BCUT2D eigenvalue weighted by Crippen LogP contribution is 2.56. The molecular weight excluding hydrogens is 433 g/mol. The Morgan fingerprint density at radius 1 is 1.03 bits per heavy atom. The van der Waals surface area contributed by atoms with Gasteiger partial charge in [0.25, 0.3) is 0 Å². The van der Waals surface area contributed by atoms with Crippen LogP contribution >= 0.6 is 0 Å². The Bertz CT molecular complexity index is 882. The standard InChI is InChI=1S/C24H31F3N4O2/c25-24(26,27)16-5-7-31(8-6-16)20-3-1-17(2-4-20)29-18-10-23(11-18)12-19(13-23)30-22(33)15-9-21(32)28-14-15/h1-4,15-16,18-19,29H,5-14H2,(H,28,32)(H,30,33). The normalized spacial score (nSPS) is 32.2. The maximum Gasteiger partial charge on any atom is 0.391 e.